The summed E-state index contributed by atoms with van der Waals surface area (Å²) in [6, 6.07) is 10.9. The standard InChI is InChI=1S/C16H16O4/c1-10-3-5-13(12(7-10)9-20-19)14-6-4-11(2)8-15(14)16(17)18/h3-8,19H,9H2,1-2H3,(H,17,18). The maximum absolute atomic E-state index is 11.4. The molecule has 0 aliphatic rings. The van der Waals surface area contributed by atoms with Crippen LogP contribution in [0.1, 0.15) is 27.0 Å². The molecule has 2 aromatic rings. The van der Waals surface area contributed by atoms with Gasteiger partial charge in [-0.3, -0.25) is 5.26 Å². The number of aromatic carboxylic acids is 1. The highest BCUT2D eigenvalue weighted by Gasteiger charge is 2.15. The average molecular weight is 272 g/mol. The molecule has 0 saturated heterocycles. The number of aryl methyl sites for hydroxylation is 2. The summed E-state index contributed by atoms with van der Waals surface area (Å²) >= 11 is 0. The summed E-state index contributed by atoms with van der Waals surface area (Å²) in [6.45, 7) is 3.80. The van der Waals surface area contributed by atoms with Gasteiger partial charge in [-0.1, -0.05) is 41.5 Å². The first-order valence-corrected chi connectivity index (χ1v) is 6.23. The fraction of sp³-hybridized carbons (Fsp3) is 0.188. The lowest BCUT2D eigenvalue weighted by Crippen LogP contribution is -2.02. The van der Waals surface area contributed by atoms with Crippen molar-refractivity contribution >= 4 is 5.97 Å². The molecule has 0 bridgehead atoms. The Hall–Kier alpha value is -2.17. The molecule has 2 aromatic carbocycles. The van der Waals surface area contributed by atoms with Gasteiger partial charge in [0.25, 0.3) is 0 Å². The van der Waals surface area contributed by atoms with Gasteiger partial charge in [0.1, 0.15) is 6.61 Å². The molecule has 0 saturated carbocycles. The third-order valence-corrected chi connectivity index (χ3v) is 3.18. The van der Waals surface area contributed by atoms with Gasteiger partial charge in [0.15, 0.2) is 0 Å². The van der Waals surface area contributed by atoms with E-state index in [-0.39, 0.29) is 12.2 Å². The molecule has 104 valence electrons. The molecule has 0 unspecified atom stereocenters. The molecule has 0 aliphatic carbocycles. The Bertz CT molecular complexity index is 647. The Morgan fingerprint density at radius 1 is 1.05 bits per heavy atom. The van der Waals surface area contributed by atoms with Gasteiger partial charge in [-0.25, -0.2) is 9.68 Å². The van der Waals surface area contributed by atoms with Gasteiger partial charge >= 0.3 is 5.97 Å². The van der Waals surface area contributed by atoms with Gasteiger partial charge in [0.05, 0.1) is 5.56 Å². The Labute approximate surface area is 117 Å². The highest BCUT2D eigenvalue weighted by molar-refractivity contribution is 5.96. The lowest BCUT2D eigenvalue weighted by atomic mass is 9.93. The van der Waals surface area contributed by atoms with E-state index in [1.807, 2.05) is 38.1 Å². The topological polar surface area (TPSA) is 66.8 Å². The van der Waals surface area contributed by atoms with Gasteiger partial charge < -0.3 is 5.11 Å². The number of hydrogen-bond donors (Lipinski definition) is 2. The van der Waals surface area contributed by atoms with Crippen molar-refractivity contribution < 1.29 is 20.0 Å². The second-order valence-corrected chi connectivity index (χ2v) is 4.79. The van der Waals surface area contributed by atoms with Crippen LogP contribution in [-0.4, -0.2) is 16.3 Å². The highest BCUT2D eigenvalue weighted by atomic mass is 17.1. The second kappa shape index (κ2) is 5.86. The van der Waals surface area contributed by atoms with E-state index in [0.717, 1.165) is 22.3 Å². The van der Waals surface area contributed by atoms with Crippen molar-refractivity contribution in [3.8, 4) is 11.1 Å². The van der Waals surface area contributed by atoms with E-state index in [0.29, 0.717) is 5.56 Å². The molecular formula is C16H16O4. The lowest BCUT2D eigenvalue weighted by molar-refractivity contribution is -0.252. The first kappa shape index (κ1) is 14.2. The number of benzene rings is 2. The zero-order valence-electron chi connectivity index (χ0n) is 11.4. The Kier molecular flexibility index (Phi) is 4.17. The lowest BCUT2D eigenvalue weighted by Gasteiger charge is -2.12. The SMILES string of the molecule is Cc1ccc(-c2ccc(C)cc2C(=O)O)c(COO)c1. The molecule has 0 aromatic heterocycles. The van der Waals surface area contributed by atoms with Crippen molar-refractivity contribution in [3.05, 3.63) is 58.7 Å². The molecule has 0 fully saturated rings. The maximum atomic E-state index is 11.4. The van der Waals surface area contributed by atoms with E-state index in [9.17, 15) is 9.90 Å². The summed E-state index contributed by atoms with van der Waals surface area (Å²) in [4.78, 5) is 15.6. The average Bonchev–Trinajstić information content (AvgIpc) is 2.40. The summed E-state index contributed by atoms with van der Waals surface area (Å²) in [5.74, 6) is -0.972. The Balaban J connectivity index is 2.64. The van der Waals surface area contributed by atoms with E-state index in [2.05, 4.69) is 4.89 Å². The molecule has 0 amide bonds. The van der Waals surface area contributed by atoms with Crippen molar-refractivity contribution in [3.63, 3.8) is 0 Å². The molecule has 20 heavy (non-hydrogen) atoms. The van der Waals surface area contributed by atoms with Crippen molar-refractivity contribution in [1.29, 1.82) is 0 Å². The predicted molar refractivity (Wildman–Crippen MR) is 75.7 cm³/mol. The largest absolute Gasteiger partial charge is 0.478 e. The maximum Gasteiger partial charge on any atom is 0.336 e. The smallest absolute Gasteiger partial charge is 0.336 e. The van der Waals surface area contributed by atoms with Crippen LogP contribution in [0.15, 0.2) is 36.4 Å². The minimum atomic E-state index is -0.972. The van der Waals surface area contributed by atoms with E-state index >= 15 is 0 Å². The van der Waals surface area contributed by atoms with Crippen LogP contribution < -0.4 is 0 Å². The molecule has 4 heteroatoms. The monoisotopic (exact) mass is 272 g/mol. The molecule has 4 nitrogen and oxygen atoms in total. The number of carboxylic acid groups (broad SMARTS) is 1. The van der Waals surface area contributed by atoms with Crippen LogP contribution in [0.2, 0.25) is 0 Å². The molecular weight excluding hydrogens is 256 g/mol. The molecule has 2 rings (SSSR count). The van der Waals surface area contributed by atoms with Crippen LogP contribution >= 0.6 is 0 Å². The fourth-order valence-corrected chi connectivity index (χ4v) is 2.24. The van der Waals surface area contributed by atoms with Crippen LogP contribution in [0.25, 0.3) is 11.1 Å². The molecule has 0 atom stereocenters. The first-order chi connectivity index (χ1) is 9.52. The first-order valence-electron chi connectivity index (χ1n) is 6.23. The van der Waals surface area contributed by atoms with Crippen LogP contribution in [0, 0.1) is 13.8 Å². The zero-order valence-corrected chi connectivity index (χ0v) is 11.4. The Morgan fingerprint density at radius 2 is 1.65 bits per heavy atom. The van der Waals surface area contributed by atoms with Gasteiger partial charge in [0.2, 0.25) is 0 Å². The quantitative estimate of drug-likeness (QED) is 0.658. The summed E-state index contributed by atoms with van der Waals surface area (Å²) in [5.41, 5.74) is 4.27. The summed E-state index contributed by atoms with van der Waals surface area (Å²) < 4.78 is 0. The summed E-state index contributed by atoms with van der Waals surface area (Å²) in [6.07, 6.45) is 0. The third-order valence-electron chi connectivity index (χ3n) is 3.18. The normalized spacial score (nSPS) is 10.6. The van der Waals surface area contributed by atoms with Crippen LogP contribution in [-0.2, 0) is 11.5 Å². The fourth-order valence-electron chi connectivity index (χ4n) is 2.24. The van der Waals surface area contributed by atoms with Crippen LogP contribution in [0.4, 0.5) is 0 Å². The van der Waals surface area contributed by atoms with E-state index in [4.69, 9.17) is 5.26 Å². The summed E-state index contributed by atoms with van der Waals surface area (Å²) in [5, 5.41) is 18.0. The predicted octanol–water partition coefficient (Wildman–Crippen LogP) is 3.66. The van der Waals surface area contributed by atoms with Gasteiger partial charge in [-0.05, 0) is 36.6 Å². The number of carbonyl (C=O) groups is 1. The molecule has 2 N–H and O–H groups in total. The van der Waals surface area contributed by atoms with Crippen molar-refractivity contribution in [2.45, 2.75) is 20.5 Å². The van der Waals surface area contributed by atoms with Crippen molar-refractivity contribution in [1.82, 2.24) is 0 Å². The number of carboxylic acids is 1. The van der Waals surface area contributed by atoms with Gasteiger partial charge in [-0.15, -0.1) is 0 Å². The zero-order chi connectivity index (χ0) is 14.7. The number of rotatable bonds is 4. The molecule has 0 heterocycles. The van der Waals surface area contributed by atoms with Crippen molar-refractivity contribution in [2.75, 3.05) is 0 Å². The summed E-state index contributed by atoms with van der Waals surface area (Å²) in [7, 11) is 0. The molecule has 0 radical (unpaired) electrons. The second-order valence-electron chi connectivity index (χ2n) is 4.79. The molecule has 0 spiro atoms. The minimum Gasteiger partial charge on any atom is -0.478 e. The Morgan fingerprint density at radius 3 is 2.25 bits per heavy atom. The van der Waals surface area contributed by atoms with E-state index in [1.165, 1.54) is 0 Å². The van der Waals surface area contributed by atoms with E-state index < -0.39 is 5.97 Å². The minimum absolute atomic E-state index is 0.0178. The van der Waals surface area contributed by atoms with Crippen LogP contribution in [0.3, 0.4) is 0 Å². The van der Waals surface area contributed by atoms with Gasteiger partial charge in [0, 0.05) is 0 Å². The highest BCUT2D eigenvalue weighted by Crippen LogP contribution is 2.29. The van der Waals surface area contributed by atoms with E-state index in [1.54, 1.807) is 12.1 Å². The van der Waals surface area contributed by atoms with Gasteiger partial charge in [-0.2, -0.15) is 0 Å². The van der Waals surface area contributed by atoms with Crippen LogP contribution in [0.5, 0.6) is 0 Å². The molecule has 0 aliphatic heterocycles. The van der Waals surface area contributed by atoms with Crippen molar-refractivity contribution in [2.24, 2.45) is 0 Å². The third kappa shape index (κ3) is 2.87. The number of hydrogen-bond acceptors (Lipinski definition) is 3.